The summed E-state index contributed by atoms with van der Waals surface area (Å²) in [7, 11) is 0. The van der Waals surface area contributed by atoms with Crippen molar-refractivity contribution >= 4 is 0 Å². The summed E-state index contributed by atoms with van der Waals surface area (Å²) in [5.74, 6) is -0.250. The lowest BCUT2D eigenvalue weighted by Gasteiger charge is -2.14. The maximum atomic E-state index is 12.0. The Kier molecular flexibility index (Phi) is 4.28. The lowest BCUT2D eigenvalue weighted by molar-refractivity contribution is -0.274. The molecular formula is C12H14F3NO3. The Hall–Kier alpha value is -1.31. The van der Waals surface area contributed by atoms with Crippen LogP contribution in [0.3, 0.4) is 0 Å². The van der Waals surface area contributed by atoms with Crippen LogP contribution in [0.15, 0.2) is 24.3 Å². The Balaban J connectivity index is 1.85. The molecule has 2 N–H and O–H groups in total. The van der Waals surface area contributed by atoms with E-state index in [2.05, 4.69) is 10.1 Å². The van der Waals surface area contributed by atoms with Crippen LogP contribution in [-0.4, -0.2) is 36.8 Å². The van der Waals surface area contributed by atoms with Crippen LogP contribution >= 0.6 is 0 Å². The van der Waals surface area contributed by atoms with Gasteiger partial charge in [-0.05, 0) is 17.7 Å². The van der Waals surface area contributed by atoms with E-state index in [4.69, 9.17) is 4.74 Å². The summed E-state index contributed by atoms with van der Waals surface area (Å²) in [5.41, 5.74) is 0.800. The second-order valence-electron chi connectivity index (χ2n) is 4.28. The van der Waals surface area contributed by atoms with Crippen molar-refractivity contribution in [2.24, 2.45) is 0 Å². The largest absolute Gasteiger partial charge is 0.573 e. The topological polar surface area (TPSA) is 50.7 Å². The number of hydrogen-bond donors (Lipinski definition) is 2. The number of aliphatic hydroxyl groups excluding tert-OH is 1. The molecule has 0 saturated carbocycles. The van der Waals surface area contributed by atoms with Gasteiger partial charge in [-0.3, -0.25) is 0 Å². The standard InChI is InChI=1S/C12H14F3NO3/c13-12(14,15)19-9-3-1-8(2-4-9)5-16-10-6-18-7-11(10)17/h1-4,10-11,16-17H,5-7H2/t10-,11-/m0/s1. The van der Waals surface area contributed by atoms with Gasteiger partial charge in [-0.25, -0.2) is 0 Å². The summed E-state index contributed by atoms with van der Waals surface area (Å²) in [6, 6.07) is 5.44. The number of hydrogen-bond acceptors (Lipinski definition) is 4. The SMILES string of the molecule is O[C@H]1COC[C@@H]1NCc1ccc(OC(F)(F)F)cc1. The molecule has 0 unspecified atom stereocenters. The van der Waals surface area contributed by atoms with Crippen molar-refractivity contribution in [2.75, 3.05) is 13.2 Å². The maximum absolute atomic E-state index is 12.0. The van der Waals surface area contributed by atoms with Gasteiger partial charge in [-0.15, -0.1) is 13.2 Å². The average Bonchev–Trinajstić information content (AvgIpc) is 2.72. The van der Waals surface area contributed by atoms with Gasteiger partial charge in [0, 0.05) is 6.54 Å². The van der Waals surface area contributed by atoms with Crippen LogP contribution in [0.4, 0.5) is 13.2 Å². The molecule has 0 spiro atoms. The summed E-state index contributed by atoms with van der Waals surface area (Å²) >= 11 is 0. The number of benzene rings is 1. The van der Waals surface area contributed by atoms with Gasteiger partial charge in [0.05, 0.1) is 25.4 Å². The highest BCUT2D eigenvalue weighted by Gasteiger charge is 2.31. The molecule has 0 aliphatic carbocycles. The first-order valence-corrected chi connectivity index (χ1v) is 5.78. The molecule has 0 radical (unpaired) electrons. The molecule has 1 saturated heterocycles. The molecule has 2 rings (SSSR count). The predicted octanol–water partition coefficient (Wildman–Crippen LogP) is 1.43. The van der Waals surface area contributed by atoms with Crippen molar-refractivity contribution in [3.05, 3.63) is 29.8 Å². The molecule has 2 atom stereocenters. The zero-order valence-electron chi connectivity index (χ0n) is 9.98. The molecule has 1 aromatic carbocycles. The Morgan fingerprint density at radius 3 is 2.47 bits per heavy atom. The molecule has 106 valence electrons. The smallest absolute Gasteiger partial charge is 0.406 e. The molecule has 1 aliphatic rings. The van der Waals surface area contributed by atoms with E-state index in [0.29, 0.717) is 19.8 Å². The van der Waals surface area contributed by atoms with Gasteiger partial charge in [0.15, 0.2) is 0 Å². The lowest BCUT2D eigenvalue weighted by atomic mass is 10.1. The highest BCUT2D eigenvalue weighted by molar-refractivity contribution is 5.27. The summed E-state index contributed by atoms with van der Waals surface area (Å²) in [6.07, 6.45) is -5.22. The Labute approximate surface area is 108 Å². The van der Waals surface area contributed by atoms with E-state index in [0.717, 1.165) is 5.56 Å². The molecular weight excluding hydrogens is 263 g/mol. The van der Waals surface area contributed by atoms with Crippen LogP contribution in [0, 0.1) is 0 Å². The molecule has 1 fully saturated rings. The van der Waals surface area contributed by atoms with Crippen LogP contribution < -0.4 is 10.1 Å². The molecule has 7 heteroatoms. The number of halogens is 3. The summed E-state index contributed by atoms with van der Waals surface area (Å²) in [4.78, 5) is 0. The van der Waals surface area contributed by atoms with Gasteiger partial charge in [-0.2, -0.15) is 0 Å². The zero-order chi connectivity index (χ0) is 13.9. The summed E-state index contributed by atoms with van der Waals surface area (Å²) in [5, 5.41) is 12.6. The summed E-state index contributed by atoms with van der Waals surface area (Å²) in [6.45, 7) is 1.17. The molecule has 4 nitrogen and oxygen atoms in total. The highest BCUT2D eigenvalue weighted by atomic mass is 19.4. The minimum absolute atomic E-state index is 0.147. The third-order valence-electron chi connectivity index (χ3n) is 2.78. The predicted molar refractivity (Wildman–Crippen MR) is 60.6 cm³/mol. The second kappa shape index (κ2) is 5.77. The fourth-order valence-electron chi connectivity index (χ4n) is 1.80. The molecule has 0 amide bonds. The third kappa shape index (κ3) is 4.38. The van der Waals surface area contributed by atoms with Crippen molar-refractivity contribution in [2.45, 2.75) is 25.1 Å². The molecule has 0 aromatic heterocycles. The van der Waals surface area contributed by atoms with Gasteiger partial charge in [0.2, 0.25) is 0 Å². The van der Waals surface area contributed by atoms with Crippen molar-refractivity contribution in [3.8, 4) is 5.75 Å². The van der Waals surface area contributed by atoms with Crippen molar-refractivity contribution < 1.29 is 27.8 Å². The minimum Gasteiger partial charge on any atom is -0.406 e. The quantitative estimate of drug-likeness (QED) is 0.874. The third-order valence-corrected chi connectivity index (χ3v) is 2.78. The molecule has 19 heavy (non-hydrogen) atoms. The Morgan fingerprint density at radius 2 is 1.95 bits per heavy atom. The van der Waals surface area contributed by atoms with Crippen molar-refractivity contribution in [1.29, 1.82) is 0 Å². The van der Waals surface area contributed by atoms with Crippen LogP contribution in [-0.2, 0) is 11.3 Å². The van der Waals surface area contributed by atoms with Crippen LogP contribution in [0.1, 0.15) is 5.56 Å². The zero-order valence-corrected chi connectivity index (χ0v) is 9.98. The minimum atomic E-state index is -4.68. The van der Waals surface area contributed by atoms with Gasteiger partial charge >= 0.3 is 6.36 Å². The normalized spacial score (nSPS) is 23.6. The van der Waals surface area contributed by atoms with E-state index in [1.54, 1.807) is 0 Å². The fraction of sp³-hybridized carbons (Fsp3) is 0.500. The van der Waals surface area contributed by atoms with Gasteiger partial charge < -0.3 is 19.9 Å². The van der Waals surface area contributed by atoms with Crippen molar-refractivity contribution in [1.82, 2.24) is 5.32 Å². The highest BCUT2D eigenvalue weighted by Crippen LogP contribution is 2.22. The second-order valence-corrected chi connectivity index (χ2v) is 4.28. The molecule has 1 aromatic rings. The van der Waals surface area contributed by atoms with E-state index in [1.165, 1.54) is 24.3 Å². The number of alkyl halides is 3. The van der Waals surface area contributed by atoms with Gasteiger partial charge in [-0.1, -0.05) is 12.1 Å². The number of rotatable bonds is 4. The number of aliphatic hydroxyl groups is 1. The molecule has 0 bridgehead atoms. The van der Waals surface area contributed by atoms with E-state index in [9.17, 15) is 18.3 Å². The fourth-order valence-corrected chi connectivity index (χ4v) is 1.80. The van der Waals surface area contributed by atoms with E-state index in [1.807, 2.05) is 0 Å². The Bertz CT molecular complexity index is 408. The van der Waals surface area contributed by atoms with Crippen LogP contribution in [0.5, 0.6) is 5.75 Å². The summed E-state index contributed by atoms with van der Waals surface area (Å²) < 4.78 is 44.7. The van der Waals surface area contributed by atoms with E-state index in [-0.39, 0.29) is 11.8 Å². The van der Waals surface area contributed by atoms with Crippen LogP contribution in [0.25, 0.3) is 0 Å². The average molecular weight is 277 g/mol. The molecule has 1 heterocycles. The van der Waals surface area contributed by atoms with E-state index < -0.39 is 12.5 Å². The number of ether oxygens (including phenoxy) is 2. The van der Waals surface area contributed by atoms with E-state index >= 15 is 0 Å². The number of nitrogens with one attached hydrogen (secondary N) is 1. The maximum Gasteiger partial charge on any atom is 0.573 e. The monoisotopic (exact) mass is 277 g/mol. The first-order valence-electron chi connectivity index (χ1n) is 5.78. The molecule has 1 aliphatic heterocycles. The van der Waals surface area contributed by atoms with Gasteiger partial charge in [0.1, 0.15) is 5.75 Å². The first kappa shape index (κ1) is 14.1. The Morgan fingerprint density at radius 1 is 1.26 bits per heavy atom. The lowest BCUT2D eigenvalue weighted by Crippen LogP contribution is -2.38. The first-order chi connectivity index (χ1) is 8.94. The van der Waals surface area contributed by atoms with Crippen molar-refractivity contribution in [3.63, 3.8) is 0 Å². The van der Waals surface area contributed by atoms with Crippen LogP contribution in [0.2, 0.25) is 0 Å². The van der Waals surface area contributed by atoms with Gasteiger partial charge in [0.25, 0.3) is 0 Å².